The molecule has 7 nitrogen and oxygen atoms in total. The van der Waals surface area contributed by atoms with E-state index >= 15 is 0 Å². The number of aromatic nitrogens is 2. The first-order valence-electron chi connectivity index (χ1n) is 9.89. The Labute approximate surface area is 179 Å². The van der Waals surface area contributed by atoms with Crippen molar-refractivity contribution in [3.63, 3.8) is 0 Å². The van der Waals surface area contributed by atoms with Gasteiger partial charge in [0, 0.05) is 44.5 Å². The predicted octanol–water partition coefficient (Wildman–Crippen LogP) is 4.34. The van der Waals surface area contributed by atoms with Crippen LogP contribution in [0, 0.1) is 5.82 Å². The van der Waals surface area contributed by atoms with Crippen LogP contribution in [0.5, 0.6) is 0 Å². The Morgan fingerprint density at radius 1 is 1.37 bits per heavy atom. The van der Waals surface area contributed by atoms with Gasteiger partial charge in [-0.1, -0.05) is 11.6 Å². The molecule has 3 heterocycles. The second kappa shape index (κ2) is 8.10. The number of hydrogen-bond acceptors (Lipinski definition) is 4. The van der Waals surface area contributed by atoms with Crippen molar-refractivity contribution < 1.29 is 9.18 Å². The van der Waals surface area contributed by atoms with Crippen molar-refractivity contribution in [2.75, 3.05) is 18.9 Å². The maximum absolute atomic E-state index is 13.4. The number of carbonyl (C=O) groups excluding carboxylic acids is 1. The van der Waals surface area contributed by atoms with Gasteiger partial charge in [-0.3, -0.25) is 9.69 Å². The maximum Gasteiger partial charge on any atom is 0.322 e. The Kier molecular flexibility index (Phi) is 5.51. The van der Waals surface area contributed by atoms with E-state index in [-0.39, 0.29) is 11.1 Å². The van der Waals surface area contributed by atoms with E-state index in [1.165, 1.54) is 23.8 Å². The standard InChI is InChI=1S/C21H24ClFN6O/c1-13-5-4-9-29-20(19(13)27(3)24-2)15-12-28(10-8-18(15)26-29)21(30)25-14-6-7-17(23)16(22)11-14/h6-7,11H,2,4-5,8-10,12H2,1,3H3,(H,25,30). The lowest BCUT2D eigenvalue weighted by Crippen LogP contribution is -2.39. The van der Waals surface area contributed by atoms with Crippen molar-refractivity contribution in [2.45, 2.75) is 39.3 Å². The maximum atomic E-state index is 13.4. The number of nitrogens with one attached hydrogen (secondary N) is 1. The van der Waals surface area contributed by atoms with Crippen LogP contribution >= 0.6 is 11.6 Å². The molecule has 0 unspecified atom stereocenters. The molecule has 0 atom stereocenters. The average Bonchev–Trinajstić information content (AvgIpc) is 2.99. The summed E-state index contributed by atoms with van der Waals surface area (Å²) in [6, 6.07) is 3.89. The Morgan fingerprint density at radius 3 is 2.90 bits per heavy atom. The van der Waals surface area contributed by atoms with Gasteiger partial charge in [-0.15, -0.1) is 0 Å². The summed E-state index contributed by atoms with van der Waals surface area (Å²) in [7, 11) is 1.88. The van der Waals surface area contributed by atoms with Crippen molar-refractivity contribution in [1.29, 1.82) is 0 Å². The van der Waals surface area contributed by atoms with Gasteiger partial charge in [0.15, 0.2) is 0 Å². The van der Waals surface area contributed by atoms with Gasteiger partial charge >= 0.3 is 6.03 Å². The summed E-state index contributed by atoms with van der Waals surface area (Å²) in [5.74, 6) is -0.519. The Hall–Kier alpha value is -2.87. The highest BCUT2D eigenvalue weighted by atomic mass is 35.5. The van der Waals surface area contributed by atoms with E-state index in [1.54, 1.807) is 9.91 Å². The fourth-order valence-corrected chi connectivity index (χ4v) is 4.30. The summed E-state index contributed by atoms with van der Waals surface area (Å²) in [6.45, 7) is 7.60. The summed E-state index contributed by atoms with van der Waals surface area (Å²) < 4.78 is 15.4. The zero-order chi connectivity index (χ0) is 21.4. The van der Waals surface area contributed by atoms with Gasteiger partial charge in [-0.2, -0.15) is 10.2 Å². The minimum Gasteiger partial charge on any atom is -0.320 e. The van der Waals surface area contributed by atoms with Gasteiger partial charge in [0.25, 0.3) is 0 Å². The molecule has 30 heavy (non-hydrogen) atoms. The molecule has 2 aliphatic heterocycles. The summed E-state index contributed by atoms with van der Waals surface area (Å²) >= 11 is 5.83. The van der Waals surface area contributed by atoms with E-state index in [4.69, 9.17) is 16.7 Å². The molecule has 0 spiro atoms. The van der Waals surface area contributed by atoms with Crippen LogP contribution in [0.3, 0.4) is 0 Å². The van der Waals surface area contributed by atoms with Crippen LogP contribution in [0.25, 0.3) is 5.70 Å². The van der Waals surface area contributed by atoms with E-state index in [9.17, 15) is 9.18 Å². The number of urea groups is 1. The van der Waals surface area contributed by atoms with Crippen LogP contribution in [0.15, 0.2) is 28.9 Å². The van der Waals surface area contributed by atoms with Crippen LogP contribution in [0.2, 0.25) is 5.02 Å². The highest BCUT2D eigenvalue weighted by Crippen LogP contribution is 2.35. The Morgan fingerprint density at radius 2 is 2.17 bits per heavy atom. The number of amides is 2. The van der Waals surface area contributed by atoms with Crippen molar-refractivity contribution >= 4 is 35.7 Å². The Bertz CT molecular complexity index is 1050. The predicted molar refractivity (Wildman–Crippen MR) is 116 cm³/mol. The first-order valence-corrected chi connectivity index (χ1v) is 10.3. The minimum absolute atomic E-state index is 0.0269. The molecule has 4 rings (SSSR count). The summed E-state index contributed by atoms with van der Waals surface area (Å²) in [5.41, 5.74) is 5.76. The number of hydrazone groups is 1. The first-order chi connectivity index (χ1) is 14.4. The van der Waals surface area contributed by atoms with Gasteiger partial charge < -0.3 is 10.2 Å². The molecule has 9 heteroatoms. The third-order valence-corrected chi connectivity index (χ3v) is 5.93. The second-order valence-corrected chi connectivity index (χ2v) is 8.03. The second-order valence-electron chi connectivity index (χ2n) is 7.63. The molecule has 2 aliphatic rings. The summed E-state index contributed by atoms with van der Waals surface area (Å²) in [5, 5.41) is 13.5. The number of nitrogens with zero attached hydrogens (tertiary/aromatic N) is 5. The van der Waals surface area contributed by atoms with Crippen LogP contribution in [-0.4, -0.2) is 46.0 Å². The molecule has 2 amide bonds. The number of benzene rings is 1. The molecule has 2 aromatic rings. The molecule has 0 radical (unpaired) electrons. The zero-order valence-corrected chi connectivity index (χ0v) is 17.8. The third-order valence-electron chi connectivity index (χ3n) is 5.65. The minimum atomic E-state index is -0.519. The topological polar surface area (TPSA) is 65.8 Å². The summed E-state index contributed by atoms with van der Waals surface area (Å²) in [6.07, 6.45) is 2.64. The number of rotatable bonds is 3. The third kappa shape index (κ3) is 3.67. The summed E-state index contributed by atoms with van der Waals surface area (Å²) in [4.78, 5) is 14.6. The molecule has 158 valence electrons. The number of hydrogen-bond donors (Lipinski definition) is 1. The number of anilines is 1. The normalized spacial score (nSPS) is 15.9. The van der Waals surface area contributed by atoms with Crippen molar-refractivity contribution in [3.8, 4) is 0 Å². The van der Waals surface area contributed by atoms with E-state index in [0.29, 0.717) is 25.2 Å². The van der Waals surface area contributed by atoms with Crippen molar-refractivity contribution in [2.24, 2.45) is 5.10 Å². The highest BCUT2D eigenvalue weighted by molar-refractivity contribution is 6.31. The van der Waals surface area contributed by atoms with Gasteiger partial charge in [0.2, 0.25) is 0 Å². The van der Waals surface area contributed by atoms with Crippen LogP contribution in [0.4, 0.5) is 14.9 Å². The molecule has 0 saturated carbocycles. The van der Waals surface area contributed by atoms with E-state index in [1.807, 2.05) is 11.7 Å². The number of fused-ring (bicyclic) bond motifs is 3. The molecule has 0 aliphatic carbocycles. The Balaban J connectivity index is 1.63. The lowest BCUT2D eigenvalue weighted by Gasteiger charge is -2.28. The van der Waals surface area contributed by atoms with Gasteiger partial charge in [-0.25, -0.2) is 9.18 Å². The number of carbonyl (C=O) groups is 1. The molecule has 1 aromatic heterocycles. The zero-order valence-electron chi connectivity index (χ0n) is 17.1. The van der Waals surface area contributed by atoms with E-state index in [0.717, 1.165) is 42.0 Å². The van der Waals surface area contributed by atoms with E-state index in [2.05, 4.69) is 24.1 Å². The average molecular weight is 431 g/mol. The van der Waals surface area contributed by atoms with Crippen molar-refractivity contribution in [3.05, 3.63) is 51.6 Å². The first kappa shape index (κ1) is 20.4. The van der Waals surface area contributed by atoms with Crippen LogP contribution in [0.1, 0.15) is 36.7 Å². The fourth-order valence-electron chi connectivity index (χ4n) is 4.12. The molecule has 0 bridgehead atoms. The van der Waals surface area contributed by atoms with Crippen LogP contribution in [-0.2, 0) is 19.5 Å². The molecule has 1 aromatic carbocycles. The molecule has 0 saturated heterocycles. The lowest BCUT2D eigenvalue weighted by atomic mass is 10.0. The molecule has 0 fully saturated rings. The number of allylic oxidation sites excluding steroid dienone is 1. The number of halogens is 2. The lowest BCUT2D eigenvalue weighted by molar-refractivity contribution is 0.206. The largest absolute Gasteiger partial charge is 0.322 e. The SMILES string of the molecule is C=NN(C)C1=C(C)CCCn2nc3c(c21)CN(C(=O)Nc1ccc(F)c(Cl)c1)CC3. The molecular formula is C21H24ClFN6O. The van der Waals surface area contributed by atoms with Crippen molar-refractivity contribution in [1.82, 2.24) is 19.7 Å². The molecular weight excluding hydrogens is 407 g/mol. The quantitative estimate of drug-likeness (QED) is 0.582. The van der Waals surface area contributed by atoms with Gasteiger partial charge in [0.05, 0.1) is 28.7 Å². The van der Waals surface area contributed by atoms with Crippen LogP contribution < -0.4 is 5.32 Å². The smallest absolute Gasteiger partial charge is 0.320 e. The number of aryl methyl sites for hydroxylation is 1. The molecule has 1 N–H and O–H groups in total. The highest BCUT2D eigenvalue weighted by Gasteiger charge is 2.31. The van der Waals surface area contributed by atoms with E-state index < -0.39 is 5.82 Å². The monoisotopic (exact) mass is 430 g/mol. The fraction of sp³-hybridized carbons (Fsp3) is 0.381. The van der Waals surface area contributed by atoms with Gasteiger partial charge in [-0.05, 0) is 43.5 Å². The van der Waals surface area contributed by atoms with Gasteiger partial charge in [0.1, 0.15) is 5.82 Å².